The Morgan fingerprint density at radius 3 is 2.47 bits per heavy atom. The summed E-state index contributed by atoms with van der Waals surface area (Å²) in [6.07, 6.45) is 0.988. The minimum Gasteiger partial charge on any atom is -0.363 e. The lowest BCUT2D eigenvalue weighted by Gasteiger charge is -2.31. The van der Waals surface area contributed by atoms with Crippen LogP contribution in [-0.4, -0.2) is 24.9 Å². The second-order valence-corrected chi connectivity index (χ2v) is 4.41. The number of amides is 2. The number of aryl methyl sites for hydroxylation is 1. The number of imide groups is 1. The largest absolute Gasteiger partial charge is 0.363 e. The summed E-state index contributed by atoms with van der Waals surface area (Å²) in [5, 5.41) is 2.37. The van der Waals surface area contributed by atoms with Gasteiger partial charge in [0.05, 0.1) is 0 Å². The fourth-order valence-electron chi connectivity index (χ4n) is 2.01. The molecule has 1 aliphatic rings. The predicted octanol–water partition coefficient (Wildman–Crippen LogP) is 1.24. The minimum atomic E-state index is -0.254. The molecule has 1 unspecified atom stereocenters. The van der Waals surface area contributed by atoms with Gasteiger partial charge in [-0.2, -0.15) is 0 Å². The van der Waals surface area contributed by atoms with E-state index in [9.17, 15) is 9.59 Å². The maximum atomic E-state index is 11.7. The molecular formula is C13H16N2O2. The number of hydrogen-bond donors (Lipinski definition) is 1. The van der Waals surface area contributed by atoms with E-state index < -0.39 is 0 Å². The molecule has 1 aliphatic heterocycles. The van der Waals surface area contributed by atoms with Crippen molar-refractivity contribution >= 4 is 17.5 Å². The molecule has 0 bridgehead atoms. The summed E-state index contributed by atoms with van der Waals surface area (Å²) in [5.41, 5.74) is 2.18. The van der Waals surface area contributed by atoms with Gasteiger partial charge in [0, 0.05) is 19.2 Å². The highest BCUT2D eigenvalue weighted by atomic mass is 16.2. The number of rotatable bonds is 2. The first-order valence-corrected chi connectivity index (χ1v) is 5.71. The van der Waals surface area contributed by atoms with Crippen LogP contribution in [0.1, 0.15) is 18.4 Å². The van der Waals surface area contributed by atoms with Crippen molar-refractivity contribution in [2.45, 2.75) is 25.8 Å². The van der Waals surface area contributed by atoms with E-state index in [-0.39, 0.29) is 17.9 Å². The third kappa shape index (κ3) is 2.46. The van der Waals surface area contributed by atoms with E-state index in [1.807, 2.05) is 43.1 Å². The second-order valence-electron chi connectivity index (χ2n) is 4.41. The fourth-order valence-corrected chi connectivity index (χ4v) is 2.01. The molecule has 4 nitrogen and oxygen atoms in total. The van der Waals surface area contributed by atoms with Crippen molar-refractivity contribution in [1.82, 2.24) is 5.32 Å². The first kappa shape index (κ1) is 11.6. The van der Waals surface area contributed by atoms with Gasteiger partial charge >= 0.3 is 0 Å². The predicted molar refractivity (Wildman–Crippen MR) is 65.8 cm³/mol. The molecule has 1 fully saturated rings. The van der Waals surface area contributed by atoms with Gasteiger partial charge in [-0.05, 0) is 25.5 Å². The van der Waals surface area contributed by atoms with Crippen LogP contribution in [0, 0.1) is 6.92 Å². The summed E-state index contributed by atoms with van der Waals surface area (Å²) in [6, 6.07) is 7.74. The number of nitrogens with one attached hydrogen (secondary N) is 1. The molecule has 1 heterocycles. The van der Waals surface area contributed by atoms with Crippen molar-refractivity contribution in [3.8, 4) is 0 Å². The van der Waals surface area contributed by atoms with Crippen molar-refractivity contribution in [2.24, 2.45) is 0 Å². The normalized spacial score (nSPS) is 20.0. The van der Waals surface area contributed by atoms with Gasteiger partial charge in [-0.15, -0.1) is 0 Å². The third-order valence-electron chi connectivity index (χ3n) is 3.12. The number of hydrogen-bond acceptors (Lipinski definition) is 3. The van der Waals surface area contributed by atoms with Gasteiger partial charge in [0.2, 0.25) is 11.8 Å². The zero-order valence-electron chi connectivity index (χ0n) is 10.1. The van der Waals surface area contributed by atoms with Gasteiger partial charge < -0.3 is 4.90 Å². The Bertz CT molecular complexity index is 439. The molecule has 0 spiro atoms. The first-order valence-electron chi connectivity index (χ1n) is 5.71. The van der Waals surface area contributed by atoms with Crippen molar-refractivity contribution in [2.75, 3.05) is 11.9 Å². The van der Waals surface area contributed by atoms with Crippen molar-refractivity contribution in [3.63, 3.8) is 0 Å². The van der Waals surface area contributed by atoms with Crippen LogP contribution in [0.3, 0.4) is 0 Å². The number of anilines is 1. The number of carbonyl (C=O) groups excluding carboxylic acids is 2. The lowest BCUT2D eigenvalue weighted by molar-refractivity contribution is -0.134. The van der Waals surface area contributed by atoms with Crippen molar-refractivity contribution in [1.29, 1.82) is 0 Å². The summed E-state index contributed by atoms with van der Waals surface area (Å²) in [7, 11) is 1.88. The van der Waals surface area contributed by atoms with E-state index in [1.54, 1.807) is 0 Å². The second kappa shape index (κ2) is 4.57. The summed E-state index contributed by atoms with van der Waals surface area (Å²) < 4.78 is 0. The summed E-state index contributed by atoms with van der Waals surface area (Å²) in [4.78, 5) is 24.7. The number of piperidine rings is 1. The van der Waals surface area contributed by atoms with Crippen LogP contribution in [0.15, 0.2) is 24.3 Å². The molecule has 17 heavy (non-hydrogen) atoms. The summed E-state index contributed by atoms with van der Waals surface area (Å²) in [6.45, 7) is 2.02. The van der Waals surface area contributed by atoms with Crippen LogP contribution in [-0.2, 0) is 9.59 Å². The highest BCUT2D eigenvalue weighted by Crippen LogP contribution is 2.20. The van der Waals surface area contributed by atoms with E-state index in [0.29, 0.717) is 12.8 Å². The zero-order chi connectivity index (χ0) is 12.4. The van der Waals surface area contributed by atoms with E-state index in [2.05, 4.69) is 5.32 Å². The number of likely N-dealkylation sites (N-methyl/N-ethyl adjacent to an activating group) is 1. The Balaban J connectivity index is 2.14. The Morgan fingerprint density at radius 2 is 1.88 bits per heavy atom. The van der Waals surface area contributed by atoms with Crippen LogP contribution in [0.2, 0.25) is 0 Å². The van der Waals surface area contributed by atoms with Gasteiger partial charge in [-0.25, -0.2) is 0 Å². The monoisotopic (exact) mass is 232 g/mol. The molecule has 0 aromatic heterocycles. The molecule has 1 aromatic carbocycles. The quantitative estimate of drug-likeness (QED) is 0.780. The number of nitrogens with zero attached hydrogens (tertiary/aromatic N) is 1. The van der Waals surface area contributed by atoms with Gasteiger partial charge in [-0.3, -0.25) is 14.9 Å². The summed E-state index contributed by atoms with van der Waals surface area (Å²) in [5.74, 6) is -0.382. The number of benzene rings is 1. The molecule has 0 radical (unpaired) electrons. The SMILES string of the molecule is Cc1ccc(N(C)C2CCC(=O)NC2=O)cc1. The molecule has 4 heteroatoms. The van der Waals surface area contributed by atoms with Gasteiger partial charge in [-0.1, -0.05) is 17.7 Å². The van der Waals surface area contributed by atoms with Gasteiger partial charge in [0.25, 0.3) is 0 Å². The molecule has 0 saturated carbocycles. The highest BCUT2D eigenvalue weighted by molar-refractivity contribution is 6.01. The maximum absolute atomic E-state index is 11.7. The van der Waals surface area contributed by atoms with Gasteiger partial charge in [0.1, 0.15) is 6.04 Å². The van der Waals surface area contributed by atoms with Gasteiger partial charge in [0.15, 0.2) is 0 Å². The molecule has 1 atom stereocenters. The molecule has 1 N–H and O–H groups in total. The molecule has 0 aliphatic carbocycles. The third-order valence-corrected chi connectivity index (χ3v) is 3.12. The van der Waals surface area contributed by atoms with Crippen LogP contribution < -0.4 is 10.2 Å². The molecule has 90 valence electrons. The minimum absolute atomic E-state index is 0.177. The van der Waals surface area contributed by atoms with Crippen LogP contribution >= 0.6 is 0 Å². The Hall–Kier alpha value is -1.84. The molecule has 2 rings (SSSR count). The Labute approximate surface area is 101 Å². The van der Waals surface area contributed by atoms with Crippen molar-refractivity contribution in [3.05, 3.63) is 29.8 Å². The zero-order valence-corrected chi connectivity index (χ0v) is 10.1. The highest BCUT2D eigenvalue weighted by Gasteiger charge is 2.29. The average Bonchev–Trinajstić information content (AvgIpc) is 2.29. The molecule has 1 aromatic rings. The lowest BCUT2D eigenvalue weighted by Crippen LogP contribution is -2.51. The van der Waals surface area contributed by atoms with E-state index in [1.165, 1.54) is 5.56 Å². The Morgan fingerprint density at radius 1 is 1.24 bits per heavy atom. The lowest BCUT2D eigenvalue weighted by atomic mass is 10.0. The fraction of sp³-hybridized carbons (Fsp3) is 0.385. The van der Waals surface area contributed by atoms with E-state index in [0.717, 1.165) is 5.69 Å². The number of carbonyl (C=O) groups is 2. The van der Waals surface area contributed by atoms with E-state index >= 15 is 0 Å². The van der Waals surface area contributed by atoms with E-state index in [4.69, 9.17) is 0 Å². The van der Waals surface area contributed by atoms with Crippen LogP contribution in [0.25, 0.3) is 0 Å². The average molecular weight is 232 g/mol. The summed E-state index contributed by atoms with van der Waals surface area (Å²) >= 11 is 0. The van der Waals surface area contributed by atoms with Crippen LogP contribution in [0.5, 0.6) is 0 Å². The Kier molecular flexibility index (Phi) is 3.13. The molecular weight excluding hydrogens is 216 g/mol. The van der Waals surface area contributed by atoms with Crippen LogP contribution in [0.4, 0.5) is 5.69 Å². The molecule has 1 saturated heterocycles. The maximum Gasteiger partial charge on any atom is 0.249 e. The first-order chi connectivity index (χ1) is 8.08. The molecule has 2 amide bonds. The van der Waals surface area contributed by atoms with Crippen molar-refractivity contribution < 1.29 is 9.59 Å². The smallest absolute Gasteiger partial charge is 0.249 e. The standard InChI is InChI=1S/C13H16N2O2/c1-9-3-5-10(6-4-9)15(2)11-7-8-12(16)14-13(11)17/h3-6,11H,7-8H2,1-2H3,(H,14,16,17). The topological polar surface area (TPSA) is 49.4 Å².